The van der Waals surface area contributed by atoms with E-state index in [4.69, 9.17) is 5.73 Å². The van der Waals surface area contributed by atoms with E-state index in [9.17, 15) is 14.6 Å². The van der Waals surface area contributed by atoms with Crippen molar-refractivity contribution in [1.29, 1.82) is 0 Å². The van der Waals surface area contributed by atoms with Crippen molar-refractivity contribution in [2.24, 2.45) is 0 Å². The van der Waals surface area contributed by atoms with Gasteiger partial charge in [-0.3, -0.25) is 0 Å². The normalized spacial score (nSPS) is 15.1. The van der Waals surface area contributed by atoms with Crippen molar-refractivity contribution >= 4 is 18.4 Å². The number of thiol groups is 1. The molecule has 78 valence electrons. The molecule has 1 heterocycles. The Morgan fingerprint density at radius 1 is 1.57 bits per heavy atom. The Labute approximate surface area is 86.0 Å². The first-order chi connectivity index (χ1) is 6.56. The second-order valence-corrected chi connectivity index (χ2v) is 3.20. The number of rotatable bonds is 3. The van der Waals surface area contributed by atoms with Crippen LogP contribution in [0.5, 0.6) is 0 Å². The van der Waals surface area contributed by atoms with Crippen LogP contribution in [-0.4, -0.2) is 27.1 Å². The predicted molar refractivity (Wildman–Crippen MR) is 53.4 cm³/mol. The zero-order chi connectivity index (χ0) is 10.7. The summed E-state index contributed by atoms with van der Waals surface area (Å²) in [6, 6.07) is 1.04. The van der Waals surface area contributed by atoms with Gasteiger partial charge in [-0.15, -0.1) is 0 Å². The van der Waals surface area contributed by atoms with E-state index in [2.05, 4.69) is 17.6 Å². The molecule has 4 N–H and O–H groups in total. The van der Waals surface area contributed by atoms with Crippen LogP contribution >= 0.6 is 12.6 Å². The lowest BCUT2D eigenvalue weighted by Crippen LogP contribution is -2.20. The third kappa shape index (κ3) is 2.34. The van der Waals surface area contributed by atoms with E-state index < -0.39 is 18.0 Å². The molecule has 2 unspecified atom stereocenters. The highest BCUT2D eigenvalue weighted by atomic mass is 32.1. The quantitative estimate of drug-likeness (QED) is 0.544. The number of nitrogens with two attached hydrogens (primary N) is 1. The van der Waals surface area contributed by atoms with Crippen molar-refractivity contribution in [2.45, 2.75) is 12.2 Å². The SMILES string of the molecule is Nc1ncc(C(O)C(O)CS)cc1F. The van der Waals surface area contributed by atoms with E-state index in [1.165, 1.54) is 6.20 Å². The minimum Gasteiger partial charge on any atom is -0.389 e. The average molecular weight is 218 g/mol. The van der Waals surface area contributed by atoms with Gasteiger partial charge in [0.25, 0.3) is 0 Å². The highest BCUT2D eigenvalue weighted by molar-refractivity contribution is 7.80. The average Bonchev–Trinajstić information content (AvgIpc) is 2.20. The number of hydrogen-bond acceptors (Lipinski definition) is 5. The molecular weight excluding hydrogens is 207 g/mol. The molecule has 14 heavy (non-hydrogen) atoms. The second-order valence-electron chi connectivity index (χ2n) is 2.83. The fraction of sp³-hybridized carbons (Fsp3) is 0.375. The number of halogens is 1. The maximum absolute atomic E-state index is 12.9. The Kier molecular flexibility index (Phi) is 3.68. The van der Waals surface area contributed by atoms with Crippen LogP contribution in [-0.2, 0) is 0 Å². The molecule has 0 aromatic carbocycles. The molecule has 0 saturated heterocycles. The molecule has 6 heteroatoms. The Balaban J connectivity index is 2.91. The highest BCUT2D eigenvalue weighted by Crippen LogP contribution is 2.19. The van der Waals surface area contributed by atoms with Crippen molar-refractivity contribution in [3.63, 3.8) is 0 Å². The van der Waals surface area contributed by atoms with Gasteiger partial charge in [-0.2, -0.15) is 12.6 Å². The van der Waals surface area contributed by atoms with Crippen LogP contribution in [0, 0.1) is 5.82 Å². The third-order valence-corrected chi connectivity index (χ3v) is 2.16. The van der Waals surface area contributed by atoms with Crippen molar-refractivity contribution in [3.05, 3.63) is 23.6 Å². The fourth-order valence-electron chi connectivity index (χ4n) is 0.947. The van der Waals surface area contributed by atoms with E-state index in [0.717, 1.165) is 6.07 Å². The molecule has 0 aliphatic rings. The van der Waals surface area contributed by atoms with Gasteiger partial charge in [0, 0.05) is 17.5 Å². The lowest BCUT2D eigenvalue weighted by molar-refractivity contribution is 0.0334. The van der Waals surface area contributed by atoms with E-state index in [1.807, 2.05) is 0 Å². The Hall–Kier alpha value is -0.850. The van der Waals surface area contributed by atoms with E-state index >= 15 is 0 Å². The van der Waals surface area contributed by atoms with Crippen LogP contribution in [0.25, 0.3) is 0 Å². The lowest BCUT2D eigenvalue weighted by atomic mass is 10.1. The molecular formula is C8H11FN2O2S. The Bertz CT molecular complexity index is 324. The Morgan fingerprint density at radius 3 is 2.71 bits per heavy atom. The van der Waals surface area contributed by atoms with Gasteiger partial charge in [0.1, 0.15) is 6.10 Å². The van der Waals surface area contributed by atoms with E-state index in [0.29, 0.717) is 0 Å². The number of nitrogen functional groups attached to an aromatic ring is 1. The molecule has 0 aliphatic heterocycles. The summed E-state index contributed by atoms with van der Waals surface area (Å²) in [6.07, 6.45) is -1.03. The molecule has 0 amide bonds. The van der Waals surface area contributed by atoms with Gasteiger partial charge in [-0.25, -0.2) is 9.37 Å². The van der Waals surface area contributed by atoms with Gasteiger partial charge < -0.3 is 15.9 Å². The largest absolute Gasteiger partial charge is 0.389 e. The van der Waals surface area contributed by atoms with Gasteiger partial charge in [0.2, 0.25) is 0 Å². The molecule has 1 rings (SSSR count). The van der Waals surface area contributed by atoms with Crippen molar-refractivity contribution in [2.75, 3.05) is 11.5 Å². The summed E-state index contributed by atoms with van der Waals surface area (Å²) in [5.74, 6) is -0.873. The van der Waals surface area contributed by atoms with Gasteiger partial charge in [0.15, 0.2) is 11.6 Å². The second kappa shape index (κ2) is 4.59. The van der Waals surface area contributed by atoms with Crippen LogP contribution in [0.2, 0.25) is 0 Å². The number of aliphatic hydroxyl groups excluding tert-OH is 2. The lowest BCUT2D eigenvalue weighted by Gasteiger charge is -2.15. The number of aromatic nitrogens is 1. The van der Waals surface area contributed by atoms with Gasteiger partial charge >= 0.3 is 0 Å². The van der Waals surface area contributed by atoms with Crippen LogP contribution in [0.3, 0.4) is 0 Å². The molecule has 0 saturated carbocycles. The molecule has 0 aliphatic carbocycles. The van der Waals surface area contributed by atoms with Gasteiger partial charge in [-0.05, 0) is 6.07 Å². The summed E-state index contributed by atoms with van der Waals surface area (Å²) in [5.41, 5.74) is 5.33. The van der Waals surface area contributed by atoms with Crippen LogP contribution < -0.4 is 5.73 Å². The van der Waals surface area contributed by atoms with Gasteiger partial charge in [0.05, 0.1) is 6.10 Å². The van der Waals surface area contributed by atoms with Crippen LogP contribution in [0.15, 0.2) is 12.3 Å². The number of anilines is 1. The van der Waals surface area contributed by atoms with E-state index in [1.54, 1.807) is 0 Å². The minimum atomic E-state index is -1.20. The summed E-state index contributed by atoms with van der Waals surface area (Å²) in [7, 11) is 0. The first-order valence-electron chi connectivity index (χ1n) is 3.94. The smallest absolute Gasteiger partial charge is 0.165 e. The summed E-state index contributed by atoms with van der Waals surface area (Å²) in [5, 5.41) is 18.7. The summed E-state index contributed by atoms with van der Waals surface area (Å²) in [4.78, 5) is 3.52. The molecule has 0 fully saturated rings. The standard InChI is InChI=1S/C8H11FN2O2S/c9-5-1-4(2-11-8(5)10)7(13)6(12)3-14/h1-2,6-7,12-14H,3H2,(H2,10,11). The number of pyridine rings is 1. The monoisotopic (exact) mass is 218 g/mol. The zero-order valence-electron chi connectivity index (χ0n) is 7.26. The zero-order valence-corrected chi connectivity index (χ0v) is 8.16. The maximum atomic E-state index is 12.9. The van der Waals surface area contributed by atoms with Crippen molar-refractivity contribution in [3.8, 4) is 0 Å². The third-order valence-electron chi connectivity index (χ3n) is 1.78. The molecule has 1 aromatic heterocycles. The van der Waals surface area contributed by atoms with Crippen LogP contribution in [0.1, 0.15) is 11.7 Å². The molecule has 4 nitrogen and oxygen atoms in total. The van der Waals surface area contributed by atoms with Crippen LogP contribution in [0.4, 0.5) is 10.2 Å². The van der Waals surface area contributed by atoms with Gasteiger partial charge in [-0.1, -0.05) is 0 Å². The predicted octanol–water partition coefficient (Wildman–Crippen LogP) is 0.127. The number of hydrogen-bond donors (Lipinski definition) is 4. The highest BCUT2D eigenvalue weighted by Gasteiger charge is 2.18. The molecule has 1 aromatic rings. The first-order valence-corrected chi connectivity index (χ1v) is 4.57. The first kappa shape index (κ1) is 11.2. The summed E-state index contributed by atoms with van der Waals surface area (Å²) in [6.45, 7) is 0. The molecule has 0 bridgehead atoms. The van der Waals surface area contributed by atoms with Crippen molar-refractivity contribution < 1.29 is 14.6 Å². The molecule has 2 atom stereocenters. The number of nitrogens with zero attached hydrogens (tertiary/aromatic N) is 1. The molecule has 0 radical (unpaired) electrons. The maximum Gasteiger partial charge on any atom is 0.165 e. The Morgan fingerprint density at radius 2 is 2.21 bits per heavy atom. The minimum absolute atomic E-state index is 0.0765. The van der Waals surface area contributed by atoms with E-state index in [-0.39, 0.29) is 17.1 Å². The topological polar surface area (TPSA) is 79.4 Å². The van der Waals surface area contributed by atoms with Crippen molar-refractivity contribution in [1.82, 2.24) is 4.98 Å². The fourth-order valence-corrected chi connectivity index (χ4v) is 1.15. The summed E-state index contributed by atoms with van der Waals surface area (Å²) < 4.78 is 12.9. The summed E-state index contributed by atoms with van der Waals surface area (Å²) >= 11 is 3.80. The molecule has 0 spiro atoms. The number of aliphatic hydroxyl groups is 2.